The molecule has 0 spiro atoms. The van der Waals surface area contributed by atoms with E-state index in [0.29, 0.717) is 17.7 Å². The Bertz CT molecular complexity index is 952. The van der Waals surface area contributed by atoms with Crippen molar-refractivity contribution in [2.24, 2.45) is 0 Å². The molecular weight excluding hydrogens is 322 g/mol. The minimum atomic E-state index is -0.106. The standard InChI is InChI=1S/C23H17NO2/c24-16-19-9-12-21(13-10-19)23(25)14-11-18-7-4-8-22(15-18)26-17-20-5-2-1-3-6-20/h1-15H,17H2. The van der Waals surface area contributed by atoms with Gasteiger partial charge in [0.1, 0.15) is 12.4 Å². The molecule has 0 bridgehead atoms. The van der Waals surface area contributed by atoms with Gasteiger partial charge >= 0.3 is 0 Å². The number of hydrogen-bond acceptors (Lipinski definition) is 3. The minimum Gasteiger partial charge on any atom is -0.489 e. The van der Waals surface area contributed by atoms with Crippen molar-refractivity contribution in [2.45, 2.75) is 6.61 Å². The number of carbonyl (C=O) groups excluding carboxylic acids is 1. The Balaban J connectivity index is 1.64. The number of rotatable bonds is 6. The van der Waals surface area contributed by atoms with Crippen LogP contribution in [-0.4, -0.2) is 5.78 Å². The molecule has 3 nitrogen and oxygen atoms in total. The fourth-order valence-corrected chi connectivity index (χ4v) is 2.43. The first-order chi connectivity index (χ1) is 12.7. The molecule has 26 heavy (non-hydrogen) atoms. The molecule has 3 aromatic carbocycles. The fourth-order valence-electron chi connectivity index (χ4n) is 2.43. The van der Waals surface area contributed by atoms with Gasteiger partial charge < -0.3 is 4.74 Å². The van der Waals surface area contributed by atoms with E-state index in [-0.39, 0.29) is 5.78 Å². The first-order valence-electron chi connectivity index (χ1n) is 8.24. The molecule has 0 aliphatic carbocycles. The van der Waals surface area contributed by atoms with Gasteiger partial charge in [-0.2, -0.15) is 5.26 Å². The van der Waals surface area contributed by atoms with Crippen LogP contribution in [-0.2, 0) is 6.61 Å². The van der Waals surface area contributed by atoms with Crippen molar-refractivity contribution in [2.75, 3.05) is 0 Å². The van der Waals surface area contributed by atoms with Gasteiger partial charge in [0.15, 0.2) is 5.78 Å². The second kappa shape index (κ2) is 8.46. The van der Waals surface area contributed by atoms with Crippen LogP contribution in [0.4, 0.5) is 0 Å². The highest BCUT2D eigenvalue weighted by Crippen LogP contribution is 2.16. The average molecular weight is 339 g/mol. The van der Waals surface area contributed by atoms with Gasteiger partial charge in [0, 0.05) is 5.56 Å². The summed E-state index contributed by atoms with van der Waals surface area (Å²) in [6.07, 6.45) is 3.29. The van der Waals surface area contributed by atoms with Crippen LogP contribution >= 0.6 is 0 Å². The second-order valence-corrected chi connectivity index (χ2v) is 5.73. The Labute approximate surface area is 152 Å². The van der Waals surface area contributed by atoms with Crippen molar-refractivity contribution in [3.8, 4) is 11.8 Å². The van der Waals surface area contributed by atoms with Crippen LogP contribution in [0.3, 0.4) is 0 Å². The molecule has 0 aliphatic heterocycles. The zero-order valence-electron chi connectivity index (χ0n) is 14.1. The van der Waals surface area contributed by atoms with Crippen LogP contribution in [0.1, 0.15) is 27.0 Å². The lowest BCUT2D eigenvalue weighted by Crippen LogP contribution is -1.95. The van der Waals surface area contributed by atoms with Crippen LogP contribution in [0.2, 0.25) is 0 Å². The average Bonchev–Trinajstić information content (AvgIpc) is 2.71. The van der Waals surface area contributed by atoms with E-state index >= 15 is 0 Å². The van der Waals surface area contributed by atoms with E-state index in [1.54, 1.807) is 30.3 Å². The first-order valence-corrected chi connectivity index (χ1v) is 8.24. The summed E-state index contributed by atoms with van der Waals surface area (Å²) < 4.78 is 5.80. The van der Waals surface area contributed by atoms with Crippen molar-refractivity contribution >= 4 is 11.9 Å². The molecule has 0 N–H and O–H groups in total. The number of benzene rings is 3. The first kappa shape index (κ1) is 17.2. The summed E-state index contributed by atoms with van der Waals surface area (Å²) >= 11 is 0. The maximum Gasteiger partial charge on any atom is 0.185 e. The van der Waals surface area contributed by atoms with E-state index in [1.807, 2.05) is 60.7 Å². The number of carbonyl (C=O) groups is 1. The second-order valence-electron chi connectivity index (χ2n) is 5.73. The molecule has 0 fully saturated rings. The number of allylic oxidation sites excluding steroid dienone is 1. The van der Waals surface area contributed by atoms with E-state index in [4.69, 9.17) is 10.00 Å². The van der Waals surface area contributed by atoms with Gasteiger partial charge in [0.2, 0.25) is 0 Å². The predicted octanol–water partition coefficient (Wildman–Crippen LogP) is 5.03. The van der Waals surface area contributed by atoms with Crippen LogP contribution < -0.4 is 4.74 Å². The Morgan fingerprint density at radius 1 is 0.962 bits per heavy atom. The normalized spacial score (nSPS) is 10.4. The maximum atomic E-state index is 12.2. The van der Waals surface area contributed by atoms with Gasteiger partial charge in [-0.1, -0.05) is 48.5 Å². The topological polar surface area (TPSA) is 50.1 Å². The van der Waals surface area contributed by atoms with E-state index < -0.39 is 0 Å². The van der Waals surface area contributed by atoms with Crippen molar-refractivity contribution in [1.29, 1.82) is 5.26 Å². The summed E-state index contributed by atoms with van der Waals surface area (Å²) in [6.45, 7) is 0.498. The van der Waals surface area contributed by atoms with Crippen LogP contribution in [0.15, 0.2) is 84.9 Å². The summed E-state index contributed by atoms with van der Waals surface area (Å²) in [6, 6.07) is 26.2. The maximum absolute atomic E-state index is 12.2. The van der Waals surface area contributed by atoms with Gasteiger partial charge in [-0.3, -0.25) is 4.79 Å². The van der Waals surface area contributed by atoms with Crippen molar-refractivity contribution in [3.63, 3.8) is 0 Å². The Kier molecular flexibility index (Phi) is 5.59. The Morgan fingerprint density at radius 3 is 2.46 bits per heavy atom. The van der Waals surface area contributed by atoms with E-state index in [0.717, 1.165) is 16.9 Å². The lowest BCUT2D eigenvalue weighted by atomic mass is 10.1. The highest BCUT2D eigenvalue weighted by atomic mass is 16.5. The highest BCUT2D eigenvalue weighted by Gasteiger charge is 2.02. The summed E-state index contributed by atoms with van der Waals surface area (Å²) in [5, 5.41) is 8.80. The van der Waals surface area contributed by atoms with Crippen LogP contribution in [0.5, 0.6) is 5.75 Å². The van der Waals surface area contributed by atoms with Gasteiger partial charge in [0.05, 0.1) is 11.6 Å². The predicted molar refractivity (Wildman–Crippen MR) is 102 cm³/mol. The van der Waals surface area contributed by atoms with Gasteiger partial charge in [-0.25, -0.2) is 0 Å². The van der Waals surface area contributed by atoms with Crippen LogP contribution in [0.25, 0.3) is 6.08 Å². The smallest absolute Gasteiger partial charge is 0.185 e. The zero-order valence-corrected chi connectivity index (χ0v) is 14.1. The lowest BCUT2D eigenvalue weighted by molar-refractivity contribution is 0.104. The fraction of sp³-hybridized carbons (Fsp3) is 0.0435. The number of hydrogen-bond donors (Lipinski definition) is 0. The molecule has 3 heteroatoms. The van der Waals surface area contributed by atoms with Crippen molar-refractivity contribution in [1.82, 2.24) is 0 Å². The van der Waals surface area contributed by atoms with E-state index in [9.17, 15) is 4.79 Å². The van der Waals surface area contributed by atoms with Gasteiger partial charge in [-0.05, 0) is 53.6 Å². The third-order valence-electron chi connectivity index (χ3n) is 3.83. The number of ether oxygens (including phenoxy) is 1. The summed E-state index contributed by atoms with van der Waals surface area (Å²) in [7, 11) is 0. The van der Waals surface area contributed by atoms with Gasteiger partial charge in [-0.15, -0.1) is 0 Å². The quantitative estimate of drug-likeness (QED) is 0.467. The lowest BCUT2D eigenvalue weighted by Gasteiger charge is -2.06. The molecule has 126 valence electrons. The van der Waals surface area contributed by atoms with E-state index in [2.05, 4.69) is 0 Å². The number of ketones is 1. The zero-order chi connectivity index (χ0) is 18.2. The summed E-state index contributed by atoms with van der Waals surface area (Å²) in [5.74, 6) is 0.645. The molecule has 3 aromatic rings. The SMILES string of the molecule is N#Cc1ccc(C(=O)C=Cc2cccc(OCc3ccccc3)c2)cc1. The molecule has 0 aliphatic rings. The monoisotopic (exact) mass is 339 g/mol. The number of nitriles is 1. The molecule has 0 saturated heterocycles. The third-order valence-corrected chi connectivity index (χ3v) is 3.83. The molecule has 0 unspecified atom stereocenters. The molecule has 0 atom stereocenters. The largest absolute Gasteiger partial charge is 0.489 e. The molecule has 3 rings (SSSR count). The molecule has 0 saturated carbocycles. The Hall–Kier alpha value is -3.64. The van der Waals surface area contributed by atoms with Crippen molar-refractivity contribution < 1.29 is 9.53 Å². The van der Waals surface area contributed by atoms with Crippen LogP contribution in [0, 0.1) is 11.3 Å². The highest BCUT2D eigenvalue weighted by molar-refractivity contribution is 6.06. The van der Waals surface area contributed by atoms with Gasteiger partial charge in [0.25, 0.3) is 0 Å². The number of nitrogens with zero attached hydrogens (tertiary/aromatic N) is 1. The molecule has 0 amide bonds. The van der Waals surface area contributed by atoms with E-state index in [1.165, 1.54) is 6.08 Å². The molecule has 0 aromatic heterocycles. The van der Waals surface area contributed by atoms with Crippen molar-refractivity contribution in [3.05, 3.63) is 107 Å². The molecular formula is C23H17NO2. The third kappa shape index (κ3) is 4.68. The summed E-state index contributed by atoms with van der Waals surface area (Å²) in [4.78, 5) is 12.2. The summed E-state index contributed by atoms with van der Waals surface area (Å²) in [5.41, 5.74) is 3.08. The Morgan fingerprint density at radius 2 is 1.73 bits per heavy atom. The molecule has 0 radical (unpaired) electrons. The minimum absolute atomic E-state index is 0.106. The molecule has 0 heterocycles.